The maximum Gasteiger partial charge on any atom is 0.416 e. The van der Waals surface area contributed by atoms with E-state index in [-0.39, 0.29) is 41.1 Å². The molecule has 33 heavy (non-hydrogen) atoms. The molecular formula is C24H24ClF4N3O. The fraction of sp³-hybridized carbons (Fsp3) is 0.417. The fourth-order valence-corrected chi connectivity index (χ4v) is 4.66. The monoisotopic (exact) mass is 481 g/mol. The summed E-state index contributed by atoms with van der Waals surface area (Å²) in [5.41, 5.74) is -0.645. The predicted molar refractivity (Wildman–Crippen MR) is 118 cm³/mol. The van der Waals surface area contributed by atoms with E-state index in [4.69, 9.17) is 16.9 Å². The van der Waals surface area contributed by atoms with E-state index in [1.807, 2.05) is 19.9 Å². The third kappa shape index (κ3) is 5.41. The summed E-state index contributed by atoms with van der Waals surface area (Å²) in [5, 5.41) is 12.3. The van der Waals surface area contributed by atoms with Crippen molar-refractivity contribution in [1.82, 2.24) is 4.90 Å². The summed E-state index contributed by atoms with van der Waals surface area (Å²) in [4.78, 5) is 14.5. The number of alkyl halides is 3. The second kappa shape index (κ2) is 10.0. The van der Waals surface area contributed by atoms with Crippen molar-refractivity contribution in [3.05, 3.63) is 63.9 Å². The second-order valence-electron chi connectivity index (χ2n) is 8.14. The molecule has 1 saturated heterocycles. The van der Waals surface area contributed by atoms with Gasteiger partial charge in [0.15, 0.2) is 0 Å². The predicted octanol–water partition coefficient (Wildman–Crippen LogP) is 6.56. The lowest BCUT2D eigenvalue weighted by atomic mass is 9.88. The highest BCUT2D eigenvalue weighted by Crippen LogP contribution is 2.42. The van der Waals surface area contributed by atoms with Crippen molar-refractivity contribution in [2.45, 2.75) is 51.4 Å². The first-order valence-corrected chi connectivity index (χ1v) is 11.1. The SMILES string of the molecule is CCC(CC)N1C[C@@H](C(Nc2ccc(C#N)c(Cl)c2)c2cc(F)ccc2C(F)(F)F)CC1=O. The molecule has 0 aromatic heterocycles. The first-order chi connectivity index (χ1) is 15.6. The molecule has 3 rings (SSSR count). The summed E-state index contributed by atoms with van der Waals surface area (Å²) in [6.45, 7) is 4.16. The number of carbonyl (C=O) groups is 1. The van der Waals surface area contributed by atoms with E-state index in [9.17, 15) is 22.4 Å². The van der Waals surface area contributed by atoms with Crippen LogP contribution in [0.25, 0.3) is 0 Å². The van der Waals surface area contributed by atoms with Gasteiger partial charge in [-0.1, -0.05) is 25.4 Å². The van der Waals surface area contributed by atoms with Gasteiger partial charge in [0.1, 0.15) is 11.9 Å². The van der Waals surface area contributed by atoms with Gasteiger partial charge in [-0.2, -0.15) is 18.4 Å². The fourth-order valence-electron chi connectivity index (χ4n) is 4.44. The Bertz CT molecular complexity index is 1060. The molecule has 1 amide bonds. The molecule has 2 aromatic carbocycles. The molecule has 1 N–H and O–H groups in total. The lowest BCUT2D eigenvalue weighted by molar-refractivity contribution is -0.138. The second-order valence-corrected chi connectivity index (χ2v) is 8.55. The van der Waals surface area contributed by atoms with Crippen LogP contribution in [0.1, 0.15) is 55.8 Å². The van der Waals surface area contributed by atoms with Gasteiger partial charge in [-0.3, -0.25) is 4.79 Å². The van der Waals surface area contributed by atoms with Gasteiger partial charge in [0, 0.05) is 30.6 Å². The molecule has 1 unspecified atom stereocenters. The first-order valence-electron chi connectivity index (χ1n) is 10.7. The average Bonchev–Trinajstić information content (AvgIpc) is 3.13. The zero-order valence-electron chi connectivity index (χ0n) is 18.2. The van der Waals surface area contributed by atoms with E-state index in [2.05, 4.69) is 5.32 Å². The number of hydrogen-bond acceptors (Lipinski definition) is 3. The van der Waals surface area contributed by atoms with Gasteiger partial charge >= 0.3 is 6.18 Å². The Morgan fingerprint density at radius 3 is 2.48 bits per heavy atom. The minimum absolute atomic E-state index is 0.0119. The van der Waals surface area contributed by atoms with Gasteiger partial charge in [0.2, 0.25) is 5.91 Å². The lowest BCUT2D eigenvalue weighted by Crippen LogP contribution is -2.36. The van der Waals surface area contributed by atoms with Crippen molar-refractivity contribution >= 4 is 23.2 Å². The number of nitrogens with one attached hydrogen (secondary N) is 1. The lowest BCUT2D eigenvalue weighted by Gasteiger charge is -2.30. The molecule has 4 nitrogen and oxygen atoms in total. The minimum atomic E-state index is -4.71. The highest BCUT2D eigenvalue weighted by atomic mass is 35.5. The smallest absolute Gasteiger partial charge is 0.378 e. The van der Waals surface area contributed by atoms with Crippen molar-refractivity contribution in [2.75, 3.05) is 11.9 Å². The van der Waals surface area contributed by atoms with Gasteiger partial charge in [0.25, 0.3) is 0 Å². The maximum absolute atomic E-state index is 14.1. The van der Waals surface area contributed by atoms with E-state index in [0.717, 1.165) is 31.0 Å². The number of rotatable bonds is 7. The Balaban J connectivity index is 2.07. The first kappa shape index (κ1) is 24.8. The Morgan fingerprint density at radius 1 is 1.21 bits per heavy atom. The standard InChI is InChI=1S/C24H24ClF4N3O/c1-3-18(4-2)32-13-15(9-22(32)33)23(31-17-7-5-14(12-30)21(25)11-17)19-10-16(26)6-8-20(19)24(27,28)29/h5-8,10-11,15,18,23,31H,3-4,9,13H2,1-2H3/t15-,23?/m0/s1. The van der Waals surface area contributed by atoms with E-state index >= 15 is 0 Å². The van der Waals surface area contributed by atoms with E-state index in [1.54, 1.807) is 4.90 Å². The molecular weight excluding hydrogens is 458 g/mol. The Morgan fingerprint density at radius 2 is 1.91 bits per heavy atom. The van der Waals surface area contributed by atoms with Crippen LogP contribution in [0.15, 0.2) is 36.4 Å². The molecule has 1 aliphatic heterocycles. The molecule has 0 saturated carbocycles. The van der Waals surface area contributed by atoms with Crippen LogP contribution >= 0.6 is 11.6 Å². The van der Waals surface area contributed by atoms with Gasteiger partial charge in [0.05, 0.1) is 22.2 Å². The van der Waals surface area contributed by atoms with E-state index in [1.165, 1.54) is 18.2 Å². The topological polar surface area (TPSA) is 56.1 Å². The molecule has 2 aromatic rings. The molecule has 2 atom stereocenters. The molecule has 1 aliphatic rings. The van der Waals surface area contributed by atoms with Crippen LogP contribution in [0.5, 0.6) is 0 Å². The summed E-state index contributed by atoms with van der Waals surface area (Å²) in [6, 6.07) is 7.69. The molecule has 0 aliphatic carbocycles. The van der Waals surface area contributed by atoms with E-state index in [0.29, 0.717) is 5.69 Å². The van der Waals surface area contributed by atoms with Crippen LogP contribution < -0.4 is 5.32 Å². The average molecular weight is 482 g/mol. The van der Waals surface area contributed by atoms with Crippen molar-refractivity contribution in [3.8, 4) is 6.07 Å². The normalized spacial score (nSPS) is 17.4. The maximum atomic E-state index is 14.1. The highest BCUT2D eigenvalue weighted by Gasteiger charge is 2.42. The number of anilines is 1. The van der Waals surface area contributed by atoms with Crippen LogP contribution in [-0.2, 0) is 11.0 Å². The summed E-state index contributed by atoms with van der Waals surface area (Å²) < 4.78 is 55.7. The van der Waals surface area contributed by atoms with Crippen LogP contribution in [0, 0.1) is 23.1 Å². The summed E-state index contributed by atoms with van der Waals surface area (Å²) in [7, 11) is 0. The van der Waals surface area contributed by atoms with Gasteiger partial charge < -0.3 is 10.2 Å². The van der Waals surface area contributed by atoms with Crippen molar-refractivity contribution in [2.24, 2.45) is 5.92 Å². The van der Waals surface area contributed by atoms with Gasteiger partial charge in [-0.15, -0.1) is 0 Å². The number of carbonyl (C=O) groups excluding carboxylic acids is 1. The van der Waals surface area contributed by atoms with Crippen LogP contribution in [0.2, 0.25) is 5.02 Å². The van der Waals surface area contributed by atoms with Crippen molar-refractivity contribution in [3.63, 3.8) is 0 Å². The Kier molecular flexibility index (Phi) is 7.53. The molecule has 0 spiro atoms. The van der Waals surface area contributed by atoms with Gasteiger partial charge in [-0.25, -0.2) is 4.39 Å². The van der Waals surface area contributed by atoms with Crippen LogP contribution in [0.4, 0.5) is 23.2 Å². The summed E-state index contributed by atoms with van der Waals surface area (Å²) >= 11 is 6.11. The number of benzene rings is 2. The Labute approximate surface area is 195 Å². The summed E-state index contributed by atoms with van der Waals surface area (Å²) in [5.74, 6) is -1.47. The van der Waals surface area contributed by atoms with E-state index < -0.39 is 29.5 Å². The number of amides is 1. The molecule has 0 radical (unpaired) electrons. The third-order valence-electron chi connectivity index (χ3n) is 6.11. The number of nitriles is 1. The number of hydrogen-bond donors (Lipinski definition) is 1. The molecule has 1 heterocycles. The largest absolute Gasteiger partial charge is 0.416 e. The zero-order valence-corrected chi connectivity index (χ0v) is 19.0. The highest BCUT2D eigenvalue weighted by molar-refractivity contribution is 6.32. The number of nitrogens with zero attached hydrogens (tertiary/aromatic N) is 2. The van der Waals surface area contributed by atoms with Crippen LogP contribution in [-0.4, -0.2) is 23.4 Å². The quantitative estimate of drug-likeness (QED) is 0.455. The summed E-state index contributed by atoms with van der Waals surface area (Å²) in [6.07, 6.45) is -3.22. The third-order valence-corrected chi connectivity index (χ3v) is 6.42. The van der Waals surface area contributed by atoms with Crippen LogP contribution in [0.3, 0.4) is 0 Å². The minimum Gasteiger partial charge on any atom is -0.378 e. The Hall–Kier alpha value is -2.79. The zero-order chi connectivity index (χ0) is 24.3. The molecule has 1 fully saturated rings. The molecule has 176 valence electrons. The van der Waals surface area contributed by atoms with Gasteiger partial charge in [-0.05, 0) is 54.8 Å². The number of halogens is 5. The number of likely N-dealkylation sites (tertiary alicyclic amines) is 1. The molecule has 9 heteroatoms. The van der Waals surface area contributed by atoms with Crippen molar-refractivity contribution < 1.29 is 22.4 Å². The molecule has 0 bridgehead atoms. The van der Waals surface area contributed by atoms with Crippen molar-refractivity contribution in [1.29, 1.82) is 5.26 Å².